The zero-order chi connectivity index (χ0) is 40.5. The Kier molecular flexibility index (Phi) is 12.4. The van der Waals surface area contributed by atoms with Gasteiger partial charge in [-0.15, -0.1) is 6.58 Å². The van der Waals surface area contributed by atoms with Crippen LogP contribution >= 0.6 is 7.92 Å². The Balaban J connectivity index is 1.40. The fraction of sp³-hybridized carbons (Fsp3) is 0.412. The molecule has 0 aliphatic carbocycles. The van der Waals surface area contributed by atoms with E-state index in [1.54, 1.807) is 7.11 Å². The number of ether oxygens (including phenoxy) is 1. The summed E-state index contributed by atoms with van der Waals surface area (Å²) < 4.78 is 5.71. The molecule has 1 aromatic heterocycles. The topological polar surface area (TPSA) is 54.5 Å². The van der Waals surface area contributed by atoms with E-state index >= 15 is 4.79 Å². The molecular formula is C51H62N3O2P. The van der Waals surface area contributed by atoms with Crippen molar-refractivity contribution in [3.05, 3.63) is 137 Å². The molecule has 0 saturated carbocycles. The largest absolute Gasteiger partial charge is 0.497 e. The van der Waals surface area contributed by atoms with E-state index in [0.717, 1.165) is 59.0 Å². The number of carbonyl (C=O) groups excluding carboxylic acids is 1. The lowest BCUT2D eigenvalue weighted by atomic mass is 9.73. The van der Waals surface area contributed by atoms with Gasteiger partial charge in [-0.05, 0) is 137 Å². The average molecular weight is 780 g/mol. The van der Waals surface area contributed by atoms with E-state index in [4.69, 9.17) is 9.72 Å². The van der Waals surface area contributed by atoms with Crippen molar-refractivity contribution in [1.82, 2.24) is 15.2 Å². The highest BCUT2D eigenvalue weighted by molar-refractivity contribution is 7.80. The van der Waals surface area contributed by atoms with Crippen LogP contribution in [0.25, 0.3) is 10.9 Å². The summed E-state index contributed by atoms with van der Waals surface area (Å²) in [6, 6.07) is 31.0. The molecule has 0 spiro atoms. The molecule has 6 heteroatoms. The van der Waals surface area contributed by atoms with E-state index in [-0.39, 0.29) is 18.0 Å². The van der Waals surface area contributed by atoms with Gasteiger partial charge < -0.3 is 10.1 Å². The molecule has 57 heavy (non-hydrogen) atoms. The van der Waals surface area contributed by atoms with E-state index in [9.17, 15) is 0 Å². The number of nitrogens with zero attached hydrogens (tertiary/aromatic N) is 2. The van der Waals surface area contributed by atoms with Crippen molar-refractivity contribution in [3.8, 4) is 5.75 Å². The third kappa shape index (κ3) is 8.48. The molecule has 298 valence electrons. The molecule has 3 aliphatic rings. The standard InChI is InChI=1S/C51H62N3O2P/c1-11-35-30-54-21-19-36(35)28-48(54)50(44-18-20-52-47-17-16-41(56-10)29-46(44)47)53-51(55)45-14-12-13-15-49(45)57(42-24-37(31(2)3)22-38(25-42)32(4)5)43-26-39(33(6)7)23-40(27-43)34(8)9/h11-18,20,22-27,29,31-36,48,50H,1,19,21,28,30H2,2-10H3,(H,53,55)/t35?,36?,48?,50-/m0/s1. The van der Waals surface area contributed by atoms with Crippen LogP contribution < -0.4 is 26.0 Å². The zero-order valence-electron chi connectivity index (χ0n) is 35.6. The number of aromatic nitrogens is 1. The van der Waals surface area contributed by atoms with Gasteiger partial charge in [0.05, 0.1) is 18.7 Å². The van der Waals surface area contributed by atoms with Crippen LogP contribution in [0.2, 0.25) is 0 Å². The Hall–Kier alpha value is -4.31. The molecule has 1 amide bonds. The molecule has 5 aromatic rings. The van der Waals surface area contributed by atoms with Crippen molar-refractivity contribution < 1.29 is 9.53 Å². The second-order valence-corrected chi connectivity index (χ2v) is 19.9. The van der Waals surface area contributed by atoms with Gasteiger partial charge in [0.2, 0.25) is 0 Å². The van der Waals surface area contributed by atoms with Crippen LogP contribution in [-0.4, -0.2) is 42.0 Å². The van der Waals surface area contributed by atoms with Crippen molar-refractivity contribution in [2.75, 3.05) is 20.2 Å². The smallest absolute Gasteiger partial charge is 0.252 e. The van der Waals surface area contributed by atoms with Gasteiger partial charge in [0.15, 0.2) is 0 Å². The van der Waals surface area contributed by atoms with Crippen LogP contribution in [0.5, 0.6) is 5.75 Å². The number of pyridine rings is 1. The summed E-state index contributed by atoms with van der Waals surface area (Å²) >= 11 is 0. The molecule has 5 atom stereocenters. The number of amides is 1. The van der Waals surface area contributed by atoms with E-state index in [1.165, 1.54) is 32.9 Å². The zero-order valence-corrected chi connectivity index (χ0v) is 36.4. The number of carbonyl (C=O) groups is 1. The number of fused-ring (bicyclic) bond motifs is 4. The molecule has 8 rings (SSSR count). The first-order valence-corrected chi connectivity index (χ1v) is 22.5. The van der Waals surface area contributed by atoms with Crippen LogP contribution in [-0.2, 0) is 0 Å². The van der Waals surface area contributed by atoms with E-state index < -0.39 is 7.92 Å². The molecule has 3 fully saturated rings. The van der Waals surface area contributed by atoms with Crippen LogP contribution in [0, 0.1) is 11.8 Å². The molecule has 5 nitrogen and oxygen atoms in total. The third-order valence-corrected chi connectivity index (χ3v) is 15.1. The number of hydrogen-bond acceptors (Lipinski definition) is 4. The minimum absolute atomic E-state index is 0.0351. The van der Waals surface area contributed by atoms with Crippen LogP contribution in [0.1, 0.15) is 136 Å². The summed E-state index contributed by atoms with van der Waals surface area (Å²) in [5.74, 6) is 3.27. The van der Waals surface area contributed by atoms with E-state index in [1.807, 2.05) is 24.4 Å². The lowest BCUT2D eigenvalue weighted by Crippen LogP contribution is -2.57. The van der Waals surface area contributed by atoms with Crippen LogP contribution in [0.3, 0.4) is 0 Å². The fourth-order valence-corrected chi connectivity index (χ4v) is 11.7. The number of methoxy groups -OCH3 is 1. The van der Waals surface area contributed by atoms with E-state index in [2.05, 4.69) is 145 Å². The lowest BCUT2D eigenvalue weighted by molar-refractivity contribution is 0.00171. The average Bonchev–Trinajstić information content (AvgIpc) is 3.22. The fourth-order valence-electron chi connectivity index (χ4n) is 9.07. The molecule has 4 aromatic carbocycles. The molecular weight excluding hydrogens is 718 g/mol. The van der Waals surface area contributed by atoms with Crippen molar-refractivity contribution in [2.45, 2.75) is 104 Å². The normalized spacial score (nSPS) is 19.9. The second kappa shape index (κ2) is 17.3. The SMILES string of the molecule is C=CC1CN2CCC1CC2[C@@H](NC(=O)c1ccccc1P(c1cc(C(C)C)cc(C(C)C)c1)c1cc(C(C)C)cc(C(C)C)c1)c1ccnc2ccc(OC)cc12. The van der Waals surface area contributed by atoms with Crippen LogP contribution in [0.4, 0.5) is 0 Å². The molecule has 4 unspecified atom stereocenters. The first-order chi connectivity index (χ1) is 27.4. The molecule has 2 bridgehead atoms. The number of piperidine rings is 3. The predicted octanol–water partition coefficient (Wildman–Crippen LogP) is 10.9. The van der Waals surface area contributed by atoms with Gasteiger partial charge in [0.25, 0.3) is 5.91 Å². The Bertz CT molecular complexity index is 2130. The number of benzene rings is 4. The minimum atomic E-state index is -1.11. The summed E-state index contributed by atoms with van der Waals surface area (Å²) in [6.07, 6.45) is 6.20. The maximum atomic E-state index is 15.4. The summed E-state index contributed by atoms with van der Waals surface area (Å²) in [5, 5.41) is 8.42. The monoisotopic (exact) mass is 779 g/mol. The Morgan fingerprint density at radius 1 is 0.825 bits per heavy atom. The highest BCUT2D eigenvalue weighted by Crippen LogP contribution is 2.43. The number of hydrogen-bond donors (Lipinski definition) is 1. The molecule has 3 saturated heterocycles. The van der Waals surface area contributed by atoms with Crippen molar-refractivity contribution in [3.63, 3.8) is 0 Å². The number of nitrogens with one attached hydrogen (secondary N) is 1. The van der Waals surface area contributed by atoms with Gasteiger partial charge in [-0.2, -0.15) is 0 Å². The Morgan fingerprint density at radius 3 is 1.95 bits per heavy atom. The number of rotatable bonds is 13. The van der Waals surface area contributed by atoms with Gasteiger partial charge in [-0.1, -0.05) is 116 Å². The first kappa shape index (κ1) is 40.9. The van der Waals surface area contributed by atoms with Gasteiger partial charge in [-0.25, -0.2) is 0 Å². The summed E-state index contributed by atoms with van der Waals surface area (Å²) in [6.45, 7) is 24.5. The molecule has 1 N–H and O–H groups in total. The summed E-state index contributed by atoms with van der Waals surface area (Å²) in [7, 11) is 0.589. The van der Waals surface area contributed by atoms with Crippen molar-refractivity contribution in [1.29, 1.82) is 0 Å². The van der Waals surface area contributed by atoms with Crippen LogP contribution in [0.15, 0.2) is 104 Å². The maximum absolute atomic E-state index is 15.4. The summed E-state index contributed by atoms with van der Waals surface area (Å²) in [5.41, 5.74) is 8.09. The highest BCUT2D eigenvalue weighted by Gasteiger charge is 2.43. The summed E-state index contributed by atoms with van der Waals surface area (Å²) in [4.78, 5) is 22.7. The quantitative estimate of drug-likeness (QED) is 0.0955. The predicted molar refractivity (Wildman–Crippen MR) is 242 cm³/mol. The van der Waals surface area contributed by atoms with Crippen molar-refractivity contribution in [2.24, 2.45) is 11.8 Å². The second-order valence-electron chi connectivity index (χ2n) is 17.7. The molecule has 4 heterocycles. The van der Waals surface area contributed by atoms with E-state index in [0.29, 0.717) is 35.5 Å². The first-order valence-electron chi connectivity index (χ1n) is 21.2. The van der Waals surface area contributed by atoms with Gasteiger partial charge >= 0.3 is 0 Å². The lowest BCUT2D eigenvalue weighted by Gasteiger charge is -2.51. The maximum Gasteiger partial charge on any atom is 0.252 e. The third-order valence-electron chi connectivity index (χ3n) is 12.6. The van der Waals surface area contributed by atoms with Crippen molar-refractivity contribution >= 4 is 40.6 Å². The molecule has 3 aliphatic heterocycles. The van der Waals surface area contributed by atoms with Gasteiger partial charge in [0, 0.05) is 29.7 Å². The van der Waals surface area contributed by atoms with Gasteiger partial charge in [-0.3, -0.25) is 14.7 Å². The highest BCUT2D eigenvalue weighted by atomic mass is 31.1. The Morgan fingerprint density at radius 2 is 1.42 bits per heavy atom. The van der Waals surface area contributed by atoms with Gasteiger partial charge in [0.1, 0.15) is 5.75 Å². The Labute approximate surface area is 343 Å². The molecule has 0 radical (unpaired) electrons. The minimum Gasteiger partial charge on any atom is -0.497 e.